The van der Waals surface area contributed by atoms with E-state index < -0.39 is 0 Å². The maximum atomic E-state index is 13.0. The highest BCUT2D eigenvalue weighted by atomic mass is 16.5. The molecule has 2 aromatic rings. The molecule has 0 N–H and O–H groups in total. The molecule has 31 heavy (non-hydrogen) atoms. The molecule has 0 bridgehead atoms. The van der Waals surface area contributed by atoms with Gasteiger partial charge >= 0.3 is 5.97 Å². The van der Waals surface area contributed by atoms with Crippen molar-refractivity contribution in [2.75, 3.05) is 45.3 Å². The van der Waals surface area contributed by atoms with Crippen LogP contribution in [0.5, 0.6) is 5.75 Å². The lowest BCUT2D eigenvalue weighted by Crippen LogP contribution is -2.46. The normalized spacial score (nSPS) is 18.3. The van der Waals surface area contributed by atoms with E-state index in [1.165, 1.54) is 7.11 Å². The van der Waals surface area contributed by atoms with E-state index in [2.05, 4.69) is 4.90 Å². The molecule has 2 aliphatic heterocycles. The van der Waals surface area contributed by atoms with Gasteiger partial charge in [-0.15, -0.1) is 0 Å². The van der Waals surface area contributed by atoms with Gasteiger partial charge in [0.25, 0.3) is 0 Å². The van der Waals surface area contributed by atoms with Crippen LogP contribution >= 0.6 is 0 Å². The second kappa shape index (κ2) is 9.08. The first-order chi connectivity index (χ1) is 15.0. The number of aryl methyl sites for hydroxylation is 1. The van der Waals surface area contributed by atoms with Crippen LogP contribution in [0.4, 0.5) is 5.95 Å². The van der Waals surface area contributed by atoms with E-state index in [0.29, 0.717) is 31.9 Å². The zero-order chi connectivity index (χ0) is 22.0. The number of anilines is 1. The first-order valence-electron chi connectivity index (χ1n) is 10.9. The zero-order valence-corrected chi connectivity index (χ0v) is 18.5. The van der Waals surface area contributed by atoms with Crippen LogP contribution in [0.15, 0.2) is 18.2 Å². The number of esters is 1. The summed E-state index contributed by atoms with van der Waals surface area (Å²) in [5, 5.41) is 1.02. The Morgan fingerprint density at radius 3 is 2.29 bits per heavy atom. The molecule has 2 fully saturated rings. The van der Waals surface area contributed by atoms with Gasteiger partial charge < -0.3 is 19.3 Å². The van der Waals surface area contributed by atoms with Crippen molar-refractivity contribution >= 4 is 28.7 Å². The maximum Gasteiger partial charge on any atom is 0.308 e. The smallest absolute Gasteiger partial charge is 0.308 e. The van der Waals surface area contributed by atoms with Gasteiger partial charge in [-0.2, -0.15) is 0 Å². The molecule has 2 aliphatic rings. The number of piperidine rings is 2. The molecular weight excluding hydrogens is 396 g/mol. The summed E-state index contributed by atoms with van der Waals surface area (Å²) in [4.78, 5) is 38.2. The van der Waals surface area contributed by atoms with Gasteiger partial charge in [-0.3, -0.25) is 9.59 Å². The second-order valence-electron chi connectivity index (χ2n) is 8.38. The van der Waals surface area contributed by atoms with Crippen molar-refractivity contribution in [2.45, 2.75) is 32.6 Å². The summed E-state index contributed by atoms with van der Waals surface area (Å²) in [6, 6.07) is 5.84. The maximum absolute atomic E-state index is 13.0. The topological polar surface area (TPSA) is 84.9 Å². The molecular formula is C23H30N4O4. The van der Waals surface area contributed by atoms with Crippen LogP contribution in [0.2, 0.25) is 0 Å². The third-order valence-corrected chi connectivity index (χ3v) is 6.55. The fourth-order valence-electron chi connectivity index (χ4n) is 4.61. The standard InChI is InChI=1S/C23H30N4O4/c1-15-19-5-4-18(30-2)14-20(19)25-23(24-15)27-12-6-16(7-13-27)21(28)26-10-8-17(9-11-26)22(29)31-3/h4-5,14,16-17H,6-13H2,1-3H3. The largest absolute Gasteiger partial charge is 0.497 e. The molecule has 4 rings (SSSR count). The van der Waals surface area contributed by atoms with Gasteiger partial charge in [0.2, 0.25) is 11.9 Å². The van der Waals surface area contributed by atoms with Crippen LogP contribution in [-0.4, -0.2) is 67.1 Å². The number of methoxy groups -OCH3 is 2. The third-order valence-electron chi connectivity index (χ3n) is 6.55. The van der Waals surface area contributed by atoms with Crippen molar-refractivity contribution in [1.82, 2.24) is 14.9 Å². The first kappa shape index (κ1) is 21.3. The average molecular weight is 427 g/mol. The Labute approximate surface area is 182 Å². The molecule has 0 aliphatic carbocycles. The number of fused-ring (bicyclic) bond motifs is 1. The zero-order valence-electron chi connectivity index (χ0n) is 18.5. The summed E-state index contributed by atoms with van der Waals surface area (Å²) in [6.45, 7) is 4.77. The minimum Gasteiger partial charge on any atom is -0.497 e. The molecule has 0 atom stereocenters. The molecule has 1 aromatic heterocycles. The number of carbonyl (C=O) groups excluding carboxylic acids is 2. The molecule has 8 nitrogen and oxygen atoms in total. The number of hydrogen-bond donors (Lipinski definition) is 0. The van der Waals surface area contributed by atoms with E-state index in [0.717, 1.165) is 48.3 Å². The quantitative estimate of drug-likeness (QED) is 0.695. The second-order valence-corrected chi connectivity index (χ2v) is 8.38. The molecule has 2 saturated heterocycles. The van der Waals surface area contributed by atoms with Crippen molar-refractivity contribution in [3.8, 4) is 5.75 Å². The Morgan fingerprint density at radius 2 is 1.65 bits per heavy atom. The fourth-order valence-corrected chi connectivity index (χ4v) is 4.61. The number of nitrogens with zero attached hydrogens (tertiary/aromatic N) is 4. The van der Waals surface area contributed by atoms with Gasteiger partial charge in [0.15, 0.2) is 0 Å². The summed E-state index contributed by atoms with van der Waals surface area (Å²) >= 11 is 0. The summed E-state index contributed by atoms with van der Waals surface area (Å²) in [5.41, 5.74) is 1.81. The van der Waals surface area contributed by atoms with Gasteiger partial charge in [0, 0.05) is 43.5 Å². The lowest BCUT2D eigenvalue weighted by Gasteiger charge is -2.36. The lowest BCUT2D eigenvalue weighted by atomic mass is 9.92. The van der Waals surface area contributed by atoms with Gasteiger partial charge in [-0.25, -0.2) is 9.97 Å². The molecule has 3 heterocycles. The van der Waals surface area contributed by atoms with E-state index in [9.17, 15) is 9.59 Å². The number of rotatable bonds is 4. The van der Waals surface area contributed by atoms with Crippen LogP contribution < -0.4 is 9.64 Å². The lowest BCUT2D eigenvalue weighted by molar-refractivity contribution is -0.149. The average Bonchev–Trinajstić information content (AvgIpc) is 2.82. The Kier molecular flexibility index (Phi) is 6.25. The van der Waals surface area contributed by atoms with E-state index in [4.69, 9.17) is 19.4 Å². The van der Waals surface area contributed by atoms with Gasteiger partial charge in [-0.1, -0.05) is 0 Å². The van der Waals surface area contributed by atoms with Crippen LogP contribution in [0.3, 0.4) is 0 Å². The number of hydrogen-bond acceptors (Lipinski definition) is 7. The highest BCUT2D eigenvalue weighted by Crippen LogP contribution is 2.28. The van der Waals surface area contributed by atoms with Gasteiger partial charge in [0.05, 0.1) is 31.3 Å². The third kappa shape index (κ3) is 4.43. The molecule has 0 radical (unpaired) electrons. The number of aromatic nitrogens is 2. The summed E-state index contributed by atoms with van der Waals surface area (Å²) < 4.78 is 10.2. The molecule has 0 spiro atoms. The highest BCUT2D eigenvalue weighted by molar-refractivity contribution is 5.83. The molecule has 8 heteroatoms. The summed E-state index contributed by atoms with van der Waals surface area (Å²) in [5.74, 6) is 1.47. The number of benzene rings is 1. The van der Waals surface area contributed by atoms with E-state index in [1.807, 2.05) is 30.0 Å². The molecule has 1 amide bonds. The van der Waals surface area contributed by atoms with Crippen molar-refractivity contribution < 1.29 is 19.1 Å². The monoisotopic (exact) mass is 426 g/mol. The van der Waals surface area contributed by atoms with Crippen LogP contribution in [-0.2, 0) is 14.3 Å². The Balaban J connectivity index is 1.37. The summed E-state index contributed by atoms with van der Waals surface area (Å²) in [7, 11) is 3.07. The molecule has 166 valence electrons. The highest BCUT2D eigenvalue weighted by Gasteiger charge is 2.33. The van der Waals surface area contributed by atoms with Gasteiger partial charge in [0.1, 0.15) is 5.75 Å². The van der Waals surface area contributed by atoms with Crippen molar-refractivity contribution in [3.63, 3.8) is 0 Å². The van der Waals surface area contributed by atoms with Crippen molar-refractivity contribution in [3.05, 3.63) is 23.9 Å². The summed E-state index contributed by atoms with van der Waals surface area (Å²) in [6.07, 6.45) is 2.94. The molecule has 0 unspecified atom stereocenters. The number of carbonyl (C=O) groups is 2. The predicted octanol–water partition coefficient (Wildman–Crippen LogP) is 2.57. The fraction of sp³-hybridized carbons (Fsp3) is 0.565. The van der Waals surface area contributed by atoms with Crippen LogP contribution in [0.25, 0.3) is 10.9 Å². The minimum atomic E-state index is -0.163. The van der Waals surface area contributed by atoms with E-state index in [-0.39, 0.29) is 23.7 Å². The van der Waals surface area contributed by atoms with Crippen molar-refractivity contribution in [1.29, 1.82) is 0 Å². The van der Waals surface area contributed by atoms with Crippen LogP contribution in [0, 0.1) is 18.8 Å². The number of ether oxygens (including phenoxy) is 2. The van der Waals surface area contributed by atoms with Crippen LogP contribution in [0.1, 0.15) is 31.4 Å². The van der Waals surface area contributed by atoms with Crippen molar-refractivity contribution in [2.24, 2.45) is 11.8 Å². The minimum absolute atomic E-state index is 0.0209. The van der Waals surface area contributed by atoms with E-state index >= 15 is 0 Å². The van der Waals surface area contributed by atoms with Gasteiger partial charge in [-0.05, 0) is 44.7 Å². The molecule has 1 aromatic carbocycles. The number of amides is 1. The Bertz CT molecular complexity index is 963. The molecule has 0 saturated carbocycles. The Morgan fingerprint density at radius 1 is 0.968 bits per heavy atom. The van der Waals surface area contributed by atoms with E-state index in [1.54, 1.807) is 7.11 Å². The first-order valence-corrected chi connectivity index (χ1v) is 10.9. The Hall–Kier alpha value is -2.90. The predicted molar refractivity (Wildman–Crippen MR) is 117 cm³/mol. The number of likely N-dealkylation sites (tertiary alicyclic amines) is 1. The SMILES string of the molecule is COC(=O)C1CCN(C(=O)C2CCN(c3nc(C)c4ccc(OC)cc4n3)CC2)CC1.